The zero-order valence-corrected chi connectivity index (χ0v) is 20.7. The Morgan fingerprint density at radius 3 is 2.58 bits per heavy atom. The quantitative estimate of drug-likeness (QED) is 0.257. The van der Waals surface area contributed by atoms with E-state index >= 15 is 0 Å². The van der Waals surface area contributed by atoms with Gasteiger partial charge >= 0.3 is 0 Å². The zero-order valence-electron chi connectivity index (χ0n) is 19.1. The van der Waals surface area contributed by atoms with Crippen molar-refractivity contribution in [2.75, 3.05) is 17.3 Å². The summed E-state index contributed by atoms with van der Waals surface area (Å²) >= 11 is 6.74. The molecule has 2 heterocycles. The molecule has 0 bridgehead atoms. The molecule has 0 saturated carbocycles. The SMILES string of the molecule is COc1ccccc1N1C(=O)/C(=C/c2cn(CC(=O)Nc3ccc(F)cc3)c3ccccc23)SC1=S. The summed E-state index contributed by atoms with van der Waals surface area (Å²) < 4.78 is 20.8. The van der Waals surface area contributed by atoms with Gasteiger partial charge in [-0.15, -0.1) is 0 Å². The number of para-hydroxylation sites is 3. The van der Waals surface area contributed by atoms with Crippen LogP contribution in [0, 0.1) is 5.82 Å². The van der Waals surface area contributed by atoms with E-state index < -0.39 is 0 Å². The van der Waals surface area contributed by atoms with Gasteiger partial charge in [-0.05, 0) is 48.5 Å². The highest BCUT2D eigenvalue weighted by Gasteiger charge is 2.35. The number of ether oxygens (including phenoxy) is 1. The van der Waals surface area contributed by atoms with E-state index in [1.54, 1.807) is 25.3 Å². The van der Waals surface area contributed by atoms with E-state index in [-0.39, 0.29) is 24.2 Å². The molecule has 1 aliphatic heterocycles. The molecule has 1 aliphatic rings. The number of hydrogen-bond donors (Lipinski definition) is 1. The van der Waals surface area contributed by atoms with Crippen LogP contribution in [-0.2, 0) is 16.1 Å². The lowest BCUT2D eigenvalue weighted by atomic mass is 10.1. The number of nitrogens with one attached hydrogen (secondary N) is 1. The third-order valence-corrected chi connectivity index (χ3v) is 6.97. The molecule has 36 heavy (non-hydrogen) atoms. The van der Waals surface area contributed by atoms with E-state index in [0.29, 0.717) is 26.3 Å². The van der Waals surface area contributed by atoms with Crippen molar-refractivity contribution < 1.29 is 18.7 Å². The van der Waals surface area contributed by atoms with E-state index in [2.05, 4.69) is 5.32 Å². The average Bonchev–Trinajstić information content (AvgIpc) is 3.36. The number of carbonyl (C=O) groups is 2. The first-order chi connectivity index (χ1) is 17.4. The molecule has 2 amide bonds. The Balaban J connectivity index is 1.44. The van der Waals surface area contributed by atoms with Crippen LogP contribution in [0.5, 0.6) is 5.75 Å². The van der Waals surface area contributed by atoms with Crippen LogP contribution >= 0.6 is 24.0 Å². The van der Waals surface area contributed by atoms with E-state index in [1.807, 2.05) is 47.2 Å². The van der Waals surface area contributed by atoms with Gasteiger partial charge in [-0.25, -0.2) is 4.39 Å². The third-order valence-electron chi connectivity index (χ3n) is 5.67. The van der Waals surface area contributed by atoms with E-state index in [4.69, 9.17) is 17.0 Å². The number of nitrogens with zero attached hydrogens (tertiary/aromatic N) is 2. The highest BCUT2D eigenvalue weighted by molar-refractivity contribution is 8.27. The first-order valence-corrected chi connectivity index (χ1v) is 12.2. The van der Waals surface area contributed by atoms with Crippen LogP contribution in [0.2, 0.25) is 0 Å². The highest BCUT2D eigenvalue weighted by Crippen LogP contribution is 2.40. The number of benzene rings is 3. The van der Waals surface area contributed by atoms with Gasteiger partial charge in [-0.2, -0.15) is 0 Å². The van der Waals surface area contributed by atoms with Gasteiger partial charge in [0.2, 0.25) is 5.91 Å². The fourth-order valence-electron chi connectivity index (χ4n) is 4.04. The molecule has 0 spiro atoms. The predicted octanol–water partition coefficient (Wildman–Crippen LogP) is 5.83. The van der Waals surface area contributed by atoms with Gasteiger partial charge in [-0.1, -0.05) is 54.3 Å². The second-order valence-corrected chi connectivity index (χ2v) is 9.65. The van der Waals surface area contributed by atoms with Crippen molar-refractivity contribution >= 4 is 68.5 Å². The Morgan fingerprint density at radius 1 is 1.08 bits per heavy atom. The molecule has 0 unspecified atom stereocenters. The number of carbonyl (C=O) groups excluding carboxylic acids is 2. The van der Waals surface area contributed by atoms with Gasteiger partial charge in [0.05, 0.1) is 17.7 Å². The van der Waals surface area contributed by atoms with Crippen molar-refractivity contribution in [3.8, 4) is 5.75 Å². The van der Waals surface area contributed by atoms with Crippen LogP contribution in [0.4, 0.5) is 15.8 Å². The molecule has 9 heteroatoms. The first kappa shape index (κ1) is 23.8. The molecule has 1 N–H and O–H groups in total. The largest absolute Gasteiger partial charge is 0.495 e. The third kappa shape index (κ3) is 4.62. The minimum Gasteiger partial charge on any atom is -0.495 e. The Hall–Kier alpha value is -3.95. The van der Waals surface area contributed by atoms with Gasteiger partial charge in [0.15, 0.2) is 4.32 Å². The maximum Gasteiger partial charge on any atom is 0.270 e. The Kier molecular flexibility index (Phi) is 6.58. The number of rotatable bonds is 6. The maximum atomic E-state index is 13.3. The summed E-state index contributed by atoms with van der Waals surface area (Å²) in [6.45, 7) is 0.0495. The number of halogens is 1. The van der Waals surface area contributed by atoms with Crippen molar-refractivity contribution in [1.29, 1.82) is 0 Å². The smallest absolute Gasteiger partial charge is 0.270 e. The summed E-state index contributed by atoms with van der Waals surface area (Å²) in [5.41, 5.74) is 2.74. The normalized spacial score (nSPS) is 14.6. The maximum absolute atomic E-state index is 13.3. The molecule has 3 aromatic carbocycles. The van der Waals surface area contributed by atoms with Crippen LogP contribution in [0.3, 0.4) is 0 Å². The van der Waals surface area contributed by atoms with Crippen LogP contribution < -0.4 is 15.0 Å². The van der Waals surface area contributed by atoms with Gasteiger partial charge < -0.3 is 14.6 Å². The van der Waals surface area contributed by atoms with Crippen molar-refractivity contribution in [3.05, 3.63) is 95.3 Å². The Morgan fingerprint density at radius 2 is 1.81 bits per heavy atom. The van der Waals surface area contributed by atoms with Gasteiger partial charge in [0, 0.05) is 28.4 Å². The van der Waals surface area contributed by atoms with Crippen molar-refractivity contribution in [1.82, 2.24) is 4.57 Å². The molecular weight excluding hydrogens is 497 g/mol. The standard InChI is InChI=1S/C27H20FN3O3S2/c1-34-23-9-5-4-8-22(23)31-26(33)24(36-27(31)35)14-17-15-30(21-7-3-2-6-20(17)21)16-25(32)29-19-12-10-18(28)11-13-19/h2-15H,16H2,1H3,(H,29,32)/b24-14-. The lowest BCUT2D eigenvalue weighted by Crippen LogP contribution is -2.27. The highest BCUT2D eigenvalue weighted by atomic mass is 32.2. The Bertz CT molecular complexity index is 1530. The molecule has 0 atom stereocenters. The average molecular weight is 518 g/mol. The van der Waals surface area contributed by atoms with Gasteiger partial charge in [0.25, 0.3) is 5.91 Å². The zero-order chi connectivity index (χ0) is 25.2. The topological polar surface area (TPSA) is 63.6 Å². The van der Waals surface area contributed by atoms with E-state index in [1.165, 1.54) is 40.9 Å². The number of thiocarbonyl (C=S) groups is 1. The molecule has 5 rings (SSSR count). The number of aromatic nitrogens is 1. The summed E-state index contributed by atoms with van der Waals surface area (Å²) in [5.74, 6) is -0.305. The molecule has 180 valence electrons. The fraction of sp³-hybridized carbons (Fsp3) is 0.0741. The summed E-state index contributed by atoms with van der Waals surface area (Å²) in [6, 6.07) is 20.5. The molecular formula is C27H20FN3O3S2. The van der Waals surface area contributed by atoms with Crippen LogP contribution in [0.1, 0.15) is 5.56 Å². The lowest BCUT2D eigenvalue weighted by Gasteiger charge is -2.17. The number of amides is 2. The van der Waals surface area contributed by atoms with E-state index in [0.717, 1.165) is 16.5 Å². The molecule has 1 aromatic heterocycles. The van der Waals surface area contributed by atoms with Gasteiger partial charge in [-0.3, -0.25) is 14.5 Å². The first-order valence-electron chi connectivity index (χ1n) is 11.0. The summed E-state index contributed by atoms with van der Waals surface area (Å²) in [7, 11) is 1.55. The Labute approximate surface area is 216 Å². The van der Waals surface area contributed by atoms with Crippen molar-refractivity contribution in [2.45, 2.75) is 6.54 Å². The van der Waals surface area contributed by atoms with Crippen molar-refractivity contribution in [3.63, 3.8) is 0 Å². The number of hydrogen-bond acceptors (Lipinski definition) is 5. The summed E-state index contributed by atoms with van der Waals surface area (Å²) in [4.78, 5) is 28.0. The van der Waals surface area contributed by atoms with Crippen molar-refractivity contribution in [2.24, 2.45) is 0 Å². The fourth-order valence-corrected chi connectivity index (χ4v) is 5.32. The number of methoxy groups -OCH3 is 1. The van der Waals surface area contributed by atoms with Gasteiger partial charge in [0.1, 0.15) is 18.1 Å². The molecule has 1 fully saturated rings. The number of anilines is 2. The van der Waals surface area contributed by atoms with E-state index in [9.17, 15) is 14.0 Å². The minimum atomic E-state index is -0.370. The second-order valence-electron chi connectivity index (χ2n) is 7.97. The summed E-state index contributed by atoms with van der Waals surface area (Å²) in [6.07, 6.45) is 3.63. The number of fused-ring (bicyclic) bond motifs is 1. The predicted molar refractivity (Wildman–Crippen MR) is 146 cm³/mol. The monoisotopic (exact) mass is 517 g/mol. The number of thioether (sulfide) groups is 1. The lowest BCUT2D eigenvalue weighted by molar-refractivity contribution is -0.116. The molecule has 0 aliphatic carbocycles. The van der Waals surface area contributed by atoms with Crippen LogP contribution in [0.15, 0.2) is 83.9 Å². The molecule has 4 aromatic rings. The molecule has 6 nitrogen and oxygen atoms in total. The minimum absolute atomic E-state index is 0.0495. The second kappa shape index (κ2) is 9.96. The van der Waals surface area contributed by atoms with Crippen LogP contribution in [-0.4, -0.2) is 27.8 Å². The van der Waals surface area contributed by atoms with Crippen LogP contribution in [0.25, 0.3) is 17.0 Å². The molecule has 1 saturated heterocycles. The summed E-state index contributed by atoms with van der Waals surface area (Å²) in [5, 5.41) is 3.67. The molecule has 0 radical (unpaired) electrons.